The smallest absolute Gasteiger partial charge is 0.407 e. The van der Waals surface area contributed by atoms with Crippen molar-refractivity contribution in [2.24, 2.45) is 5.41 Å². The van der Waals surface area contributed by atoms with Gasteiger partial charge in [-0.15, -0.1) is 4.72 Å². The van der Waals surface area contributed by atoms with Crippen LogP contribution in [0.5, 0.6) is 0 Å². The van der Waals surface area contributed by atoms with Gasteiger partial charge in [0, 0.05) is 29.9 Å². The Morgan fingerprint density at radius 1 is 1.40 bits per heavy atom. The Kier molecular flexibility index (Phi) is 4.77. The molecular formula is C18H25FN2O3S. The summed E-state index contributed by atoms with van der Waals surface area (Å²) in [6.45, 7) is 6.60. The average molecular weight is 368 g/mol. The molecule has 0 aromatic heterocycles. The summed E-state index contributed by atoms with van der Waals surface area (Å²) in [5, 5.41) is 9.21. The van der Waals surface area contributed by atoms with Gasteiger partial charge in [0.15, 0.2) is 0 Å². The van der Waals surface area contributed by atoms with Gasteiger partial charge in [-0.2, -0.15) is 0 Å². The number of fused-ring (bicyclic) bond motifs is 1. The van der Waals surface area contributed by atoms with Crippen LogP contribution in [0.25, 0.3) is 0 Å². The van der Waals surface area contributed by atoms with Crippen molar-refractivity contribution in [2.75, 3.05) is 13.1 Å². The number of carboxylic acid groups (broad SMARTS) is 1. The van der Waals surface area contributed by atoms with Crippen LogP contribution in [-0.2, 0) is 17.8 Å². The lowest BCUT2D eigenvalue weighted by atomic mass is 9.73. The fourth-order valence-corrected chi connectivity index (χ4v) is 4.83. The molecule has 7 heteroatoms. The second-order valence-corrected chi connectivity index (χ2v) is 10.1. The third kappa shape index (κ3) is 3.50. The molecule has 138 valence electrons. The van der Waals surface area contributed by atoms with Crippen molar-refractivity contribution in [2.45, 2.75) is 50.8 Å². The van der Waals surface area contributed by atoms with Gasteiger partial charge in [0.2, 0.25) is 0 Å². The summed E-state index contributed by atoms with van der Waals surface area (Å²) in [5.41, 5.74) is 1.71. The van der Waals surface area contributed by atoms with E-state index in [1.54, 1.807) is 6.07 Å². The van der Waals surface area contributed by atoms with E-state index in [0.29, 0.717) is 25.9 Å². The Morgan fingerprint density at radius 3 is 2.60 bits per heavy atom. The van der Waals surface area contributed by atoms with Crippen LogP contribution in [0.3, 0.4) is 0 Å². The molecule has 25 heavy (non-hydrogen) atoms. The molecule has 2 aliphatic rings. The molecule has 5 nitrogen and oxygen atoms in total. The van der Waals surface area contributed by atoms with Crippen LogP contribution in [0.4, 0.5) is 9.18 Å². The monoisotopic (exact) mass is 368 g/mol. The number of piperidine rings is 1. The van der Waals surface area contributed by atoms with Gasteiger partial charge in [-0.3, -0.25) is 0 Å². The first kappa shape index (κ1) is 18.5. The molecule has 1 aliphatic heterocycles. The van der Waals surface area contributed by atoms with Crippen molar-refractivity contribution in [3.63, 3.8) is 0 Å². The SMILES string of the molecule is CC(C)(C)[S@@+]([O-])N[C@@H]1c2cc(F)ccc2CC12CCN(C(=O)O)CC2. The number of carbonyl (C=O) groups is 1. The molecule has 1 heterocycles. The molecule has 0 radical (unpaired) electrons. The van der Waals surface area contributed by atoms with Gasteiger partial charge >= 0.3 is 6.09 Å². The Labute approximate surface area is 150 Å². The van der Waals surface area contributed by atoms with Gasteiger partial charge in [-0.1, -0.05) is 6.07 Å². The lowest BCUT2D eigenvalue weighted by molar-refractivity contribution is 0.0764. The van der Waals surface area contributed by atoms with E-state index in [1.807, 2.05) is 20.8 Å². The number of nitrogens with zero attached hydrogens (tertiary/aromatic N) is 1. The first-order valence-electron chi connectivity index (χ1n) is 8.57. The van der Waals surface area contributed by atoms with E-state index in [1.165, 1.54) is 17.0 Å². The Hall–Kier alpha value is -1.31. The minimum atomic E-state index is -1.29. The third-order valence-electron chi connectivity index (χ3n) is 5.38. The predicted octanol–water partition coefficient (Wildman–Crippen LogP) is 3.23. The number of hydrogen-bond donors (Lipinski definition) is 2. The maximum Gasteiger partial charge on any atom is 0.407 e. The van der Waals surface area contributed by atoms with Crippen LogP contribution < -0.4 is 4.72 Å². The van der Waals surface area contributed by atoms with Gasteiger partial charge in [0.25, 0.3) is 0 Å². The molecule has 1 amide bonds. The van der Waals surface area contributed by atoms with E-state index in [0.717, 1.165) is 17.5 Å². The van der Waals surface area contributed by atoms with Crippen molar-refractivity contribution in [3.05, 3.63) is 35.1 Å². The lowest BCUT2D eigenvalue weighted by Crippen LogP contribution is -2.50. The normalized spacial score (nSPS) is 23.6. The molecule has 0 bridgehead atoms. The molecule has 0 unspecified atom stereocenters. The summed E-state index contributed by atoms with van der Waals surface area (Å²) in [6.07, 6.45) is 1.21. The van der Waals surface area contributed by atoms with E-state index < -0.39 is 22.2 Å². The minimum absolute atomic E-state index is 0.219. The van der Waals surface area contributed by atoms with Crippen molar-refractivity contribution >= 4 is 17.5 Å². The fourth-order valence-electron chi connectivity index (χ4n) is 3.89. The number of amides is 1. The molecule has 1 fully saturated rings. The zero-order valence-electron chi connectivity index (χ0n) is 14.8. The van der Waals surface area contributed by atoms with Crippen LogP contribution in [-0.4, -0.2) is 38.5 Å². The number of likely N-dealkylation sites (tertiary alicyclic amines) is 1. The van der Waals surface area contributed by atoms with Crippen LogP contribution in [0.2, 0.25) is 0 Å². The van der Waals surface area contributed by atoms with E-state index >= 15 is 0 Å². The Bertz CT molecular complexity index is 669. The van der Waals surface area contributed by atoms with Gasteiger partial charge in [0.05, 0.1) is 6.04 Å². The van der Waals surface area contributed by atoms with Gasteiger partial charge in [-0.25, -0.2) is 9.18 Å². The highest BCUT2D eigenvalue weighted by Gasteiger charge is 2.51. The first-order chi connectivity index (χ1) is 11.6. The number of rotatable bonds is 2. The molecule has 2 atom stereocenters. The standard InChI is InChI=1S/C18H25FN2O3S/c1-17(2,3)25(24)20-15-14-10-13(19)5-4-12(14)11-18(15)6-8-21(9-7-18)16(22)23/h4-5,10,15,20H,6-9,11H2,1-3H3,(H,22,23)/t15-,25-/m1/s1. The maximum atomic E-state index is 13.8. The molecule has 1 aromatic rings. The molecule has 3 rings (SSSR count). The molecule has 1 aromatic carbocycles. The second kappa shape index (κ2) is 6.45. The minimum Gasteiger partial charge on any atom is -0.598 e. The summed E-state index contributed by atoms with van der Waals surface area (Å²) in [5.74, 6) is -0.299. The van der Waals surface area contributed by atoms with Crippen LogP contribution >= 0.6 is 0 Å². The lowest BCUT2D eigenvalue weighted by Gasteiger charge is -2.43. The summed E-state index contributed by atoms with van der Waals surface area (Å²) < 4.78 is 29.4. The molecule has 1 saturated heterocycles. The number of nitrogens with one attached hydrogen (secondary N) is 1. The number of benzene rings is 1. The molecule has 2 N–H and O–H groups in total. The predicted molar refractivity (Wildman–Crippen MR) is 95.1 cm³/mol. The summed E-state index contributed by atoms with van der Waals surface area (Å²) >= 11 is -1.29. The van der Waals surface area contributed by atoms with Crippen LogP contribution in [0.15, 0.2) is 18.2 Å². The highest BCUT2D eigenvalue weighted by Crippen LogP contribution is 2.52. The van der Waals surface area contributed by atoms with E-state index in [-0.39, 0.29) is 17.3 Å². The zero-order valence-corrected chi connectivity index (χ0v) is 15.7. The van der Waals surface area contributed by atoms with Crippen molar-refractivity contribution in [3.8, 4) is 0 Å². The molecule has 0 saturated carbocycles. The Balaban J connectivity index is 1.91. The highest BCUT2D eigenvalue weighted by molar-refractivity contribution is 7.90. The largest absolute Gasteiger partial charge is 0.598 e. The fraction of sp³-hybridized carbons (Fsp3) is 0.611. The van der Waals surface area contributed by atoms with Crippen molar-refractivity contribution in [1.82, 2.24) is 9.62 Å². The Morgan fingerprint density at radius 2 is 2.04 bits per heavy atom. The number of halogens is 1. The topological polar surface area (TPSA) is 75.6 Å². The third-order valence-corrected chi connectivity index (χ3v) is 6.95. The quantitative estimate of drug-likeness (QED) is 0.786. The van der Waals surface area contributed by atoms with Crippen molar-refractivity contribution in [1.29, 1.82) is 0 Å². The molecular weight excluding hydrogens is 343 g/mol. The maximum absolute atomic E-state index is 13.8. The zero-order chi connectivity index (χ0) is 18.4. The number of hydrogen-bond acceptors (Lipinski definition) is 3. The van der Waals surface area contributed by atoms with Gasteiger partial charge < -0.3 is 14.6 Å². The van der Waals surface area contributed by atoms with Gasteiger partial charge in [-0.05, 0) is 63.3 Å². The van der Waals surface area contributed by atoms with E-state index in [2.05, 4.69) is 4.72 Å². The summed E-state index contributed by atoms with van der Waals surface area (Å²) in [7, 11) is 0. The van der Waals surface area contributed by atoms with E-state index in [9.17, 15) is 18.8 Å². The summed E-state index contributed by atoms with van der Waals surface area (Å²) in [6, 6.07) is 4.57. The van der Waals surface area contributed by atoms with E-state index in [4.69, 9.17) is 0 Å². The van der Waals surface area contributed by atoms with Crippen LogP contribution in [0.1, 0.15) is 50.8 Å². The summed E-state index contributed by atoms with van der Waals surface area (Å²) in [4.78, 5) is 12.6. The first-order valence-corrected chi connectivity index (χ1v) is 9.72. The highest BCUT2D eigenvalue weighted by atomic mass is 32.2. The average Bonchev–Trinajstić information content (AvgIpc) is 2.80. The molecule has 1 spiro atoms. The molecule has 1 aliphatic carbocycles. The van der Waals surface area contributed by atoms with Crippen LogP contribution in [0, 0.1) is 11.2 Å². The van der Waals surface area contributed by atoms with Crippen molar-refractivity contribution < 1.29 is 18.8 Å². The van der Waals surface area contributed by atoms with Gasteiger partial charge in [0.1, 0.15) is 10.6 Å². The second-order valence-electron chi connectivity index (χ2n) is 8.08.